The molecule has 110 valence electrons. The number of nitrogens with one attached hydrogen (secondary N) is 1. The van der Waals surface area contributed by atoms with Crippen LogP contribution in [0.4, 0.5) is 0 Å². The Hall–Kier alpha value is -0.820. The smallest absolute Gasteiger partial charge is 0.167 e. The molecule has 3 N–H and O–H groups in total. The number of aromatic nitrogens is 2. The van der Waals surface area contributed by atoms with Gasteiger partial charge in [-0.05, 0) is 59.6 Å². The first-order valence-corrected chi connectivity index (χ1v) is 9.15. The second kappa shape index (κ2) is 6.12. The van der Waals surface area contributed by atoms with Gasteiger partial charge in [-0.15, -0.1) is 11.3 Å². The maximum atomic E-state index is 6.17. The molecule has 3 nitrogen and oxygen atoms in total. The molecule has 0 aliphatic rings. The maximum Gasteiger partial charge on any atom is 0.167 e. The van der Waals surface area contributed by atoms with Crippen LogP contribution < -0.4 is 5.73 Å². The summed E-state index contributed by atoms with van der Waals surface area (Å²) in [6.45, 7) is 4.12. The number of thiophene rings is 1. The molecule has 2 atom stereocenters. The van der Waals surface area contributed by atoms with E-state index in [1.54, 1.807) is 23.1 Å². The molecule has 0 saturated carbocycles. The first kappa shape index (κ1) is 15.1. The summed E-state index contributed by atoms with van der Waals surface area (Å²) in [5.74, 6) is 0. The third-order valence-corrected chi connectivity index (χ3v) is 6.42. The number of aryl methyl sites for hydroxylation is 1. The lowest BCUT2D eigenvalue weighted by Crippen LogP contribution is -2.21. The molecule has 6 heteroatoms. The van der Waals surface area contributed by atoms with E-state index in [9.17, 15) is 0 Å². The summed E-state index contributed by atoms with van der Waals surface area (Å²) in [4.78, 5) is 9.30. The predicted molar refractivity (Wildman–Crippen MR) is 95.1 cm³/mol. The van der Waals surface area contributed by atoms with Crippen molar-refractivity contribution in [2.45, 2.75) is 30.3 Å². The topological polar surface area (TPSA) is 54.7 Å². The molecule has 0 aliphatic carbocycles. The number of hydrogen-bond donors (Lipinski definition) is 2. The van der Waals surface area contributed by atoms with Crippen molar-refractivity contribution < 1.29 is 0 Å². The van der Waals surface area contributed by atoms with Gasteiger partial charge in [0.2, 0.25) is 0 Å². The van der Waals surface area contributed by atoms with Crippen LogP contribution in [-0.2, 0) is 0 Å². The number of imidazole rings is 1. The lowest BCUT2D eigenvalue weighted by Gasteiger charge is -2.17. The minimum absolute atomic E-state index is 0.0514. The van der Waals surface area contributed by atoms with Crippen LogP contribution in [-0.4, -0.2) is 16.0 Å². The molecular weight excluding hydrogens is 366 g/mol. The third-order valence-electron chi connectivity index (χ3n) is 3.21. The average Bonchev–Trinajstić information content (AvgIpc) is 3.01. The number of rotatable bonds is 4. The van der Waals surface area contributed by atoms with Gasteiger partial charge in [0.1, 0.15) is 0 Å². The summed E-state index contributed by atoms with van der Waals surface area (Å²) in [7, 11) is 0. The summed E-state index contributed by atoms with van der Waals surface area (Å²) in [5.41, 5.74) is 9.48. The molecule has 3 rings (SSSR count). The number of H-pyrrole nitrogens is 1. The van der Waals surface area contributed by atoms with E-state index >= 15 is 0 Å². The molecule has 0 amide bonds. The van der Waals surface area contributed by atoms with Crippen LogP contribution in [0.2, 0.25) is 0 Å². The van der Waals surface area contributed by atoms with Gasteiger partial charge in [0.05, 0.1) is 20.1 Å². The maximum absolute atomic E-state index is 6.17. The molecule has 1 aromatic carbocycles. The van der Waals surface area contributed by atoms with Crippen molar-refractivity contribution in [3.05, 3.63) is 44.6 Å². The highest BCUT2D eigenvalue weighted by molar-refractivity contribution is 9.11. The van der Waals surface area contributed by atoms with Crippen LogP contribution in [0.3, 0.4) is 0 Å². The highest BCUT2D eigenvalue weighted by Crippen LogP contribution is 2.40. The van der Waals surface area contributed by atoms with Gasteiger partial charge in [-0.2, -0.15) is 0 Å². The van der Waals surface area contributed by atoms with Crippen LogP contribution in [0.15, 0.2) is 39.3 Å². The van der Waals surface area contributed by atoms with Crippen LogP contribution >= 0.6 is 39.0 Å². The van der Waals surface area contributed by atoms with Gasteiger partial charge in [-0.3, -0.25) is 0 Å². The molecule has 0 aliphatic heterocycles. The predicted octanol–water partition coefficient (Wildman–Crippen LogP) is 4.88. The van der Waals surface area contributed by atoms with E-state index in [4.69, 9.17) is 5.73 Å². The van der Waals surface area contributed by atoms with Crippen molar-refractivity contribution in [1.82, 2.24) is 9.97 Å². The molecule has 0 fully saturated rings. The van der Waals surface area contributed by atoms with Gasteiger partial charge in [-0.25, -0.2) is 4.98 Å². The number of fused-ring (bicyclic) bond motifs is 1. The van der Waals surface area contributed by atoms with Crippen LogP contribution in [0.1, 0.15) is 22.6 Å². The quantitative estimate of drug-likeness (QED) is 0.633. The number of nitrogens with zero attached hydrogens (tertiary/aromatic N) is 1. The second-order valence-corrected chi connectivity index (χ2v) is 8.73. The first-order chi connectivity index (χ1) is 10.0. The minimum Gasteiger partial charge on any atom is -0.333 e. The van der Waals surface area contributed by atoms with E-state index in [1.807, 2.05) is 13.0 Å². The van der Waals surface area contributed by atoms with E-state index in [0.29, 0.717) is 0 Å². The van der Waals surface area contributed by atoms with E-state index in [-0.39, 0.29) is 11.3 Å². The monoisotopic (exact) mass is 381 g/mol. The second-order valence-electron chi connectivity index (χ2n) is 5.10. The molecule has 0 spiro atoms. The fourth-order valence-electron chi connectivity index (χ4n) is 2.18. The van der Waals surface area contributed by atoms with Crippen molar-refractivity contribution >= 4 is 50.1 Å². The Kier molecular flexibility index (Phi) is 4.40. The largest absolute Gasteiger partial charge is 0.333 e. The fourth-order valence-corrected chi connectivity index (χ4v) is 4.96. The van der Waals surface area contributed by atoms with Gasteiger partial charge in [0, 0.05) is 10.9 Å². The molecular formula is C15H16BrN3S2. The minimum atomic E-state index is 0.0514. The Balaban J connectivity index is 1.90. The summed E-state index contributed by atoms with van der Waals surface area (Å²) in [6.07, 6.45) is 0. The molecule has 0 bridgehead atoms. The first-order valence-electron chi connectivity index (χ1n) is 6.67. The Morgan fingerprint density at radius 3 is 2.81 bits per heavy atom. The highest BCUT2D eigenvalue weighted by atomic mass is 79.9. The van der Waals surface area contributed by atoms with Crippen molar-refractivity contribution in [1.29, 1.82) is 0 Å². The standard InChI is InChI=1S/C15H16BrN3S2/c1-8-3-4-10-11(7-8)19-15(18-10)21-14(9(2)17)12-5-6-13(16)20-12/h3-7,9,14H,17H2,1-2H3,(H,18,19). The highest BCUT2D eigenvalue weighted by Gasteiger charge is 2.21. The molecule has 2 aromatic heterocycles. The van der Waals surface area contributed by atoms with E-state index in [0.717, 1.165) is 20.0 Å². The van der Waals surface area contributed by atoms with Crippen molar-refractivity contribution in [2.75, 3.05) is 0 Å². The third kappa shape index (κ3) is 3.34. The molecule has 2 heterocycles. The van der Waals surface area contributed by atoms with E-state index < -0.39 is 0 Å². The zero-order chi connectivity index (χ0) is 15.0. The SMILES string of the molecule is Cc1ccc2nc(SC(c3ccc(Br)s3)C(C)N)[nH]c2c1. The molecule has 0 radical (unpaired) electrons. The molecule has 0 saturated heterocycles. The lowest BCUT2D eigenvalue weighted by atomic mass is 10.2. The zero-order valence-electron chi connectivity index (χ0n) is 11.8. The fraction of sp³-hybridized carbons (Fsp3) is 0.267. The number of benzene rings is 1. The van der Waals surface area contributed by atoms with Crippen molar-refractivity contribution in [2.24, 2.45) is 5.73 Å². The van der Waals surface area contributed by atoms with E-state index in [2.05, 4.69) is 57.1 Å². The van der Waals surface area contributed by atoms with E-state index in [1.165, 1.54) is 10.4 Å². The Bertz CT molecular complexity index is 763. The summed E-state index contributed by atoms with van der Waals surface area (Å²) >= 11 is 6.94. The van der Waals surface area contributed by atoms with Gasteiger partial charge in [0.15, 0.2) is 5.16 Å². The lowest BCUT2D eigenvalue weighted by molar-refractivity contribution is 0.727. The van der Waals surface area contributed by atoms with Crippen LogP contribution in [0, 0.1) is 6.92 Å². The number of nitrogens with two attached hydrogens (primary N) is 1. The Morgan fingerprint density at radius 2 is 2.14 bits per heavy atom. The van der Waals surface area contributed by atoms with Crippen molar-refractivity contribution in [3.63, 3.8) is 0 Å². The number of thioether (sulfide) groups is 1. The molecule has 21 heavy (non-hydrogen) atoms. The number of aromatic amines is 1. The Morgan fingerprint density at radius 1 is 1.33 bits per heavy atom. The van der Waals surface area contributed by atoms with Gasteiger partial charge in [-0.1, -0.05) is 17.8 Å². The number of hydrogen-bond acceptors (Lipinski definition) is 4. The van der Waals surface area contributed by atoms with Crippen LogP contribution in [0.25, 0.3) is 11.0 Å². The average molecular weight is 382 g/mol. The van der Waals surface area contributed by atoms with Gasteiger partial charge < -0.3 is 10.7 Å². The Labute approximate surface area is 140 Å². The number of halogens is 1. The van der Waals surface area contributed by atoms with Gasteiger partial charge in [0.25, 0.3) is 0 Å². The molecule has 2 unspecified atom stereocenters. The summed E-state index contributed by atoms with van der Waals surface area (Å²) in [6, 6.07) is 10.5. The van der Waals surface area contributed by atoms with Crippen molar-refractivity contribution in [3.8, 4) is 0 Å². The molecule has 3 aromatic rings. The van der Waals surface area contributed by atoms with Gasteiger partial charge >= 0.3 is 0 Å². The van der Waals surface area contributed by atoms with Crippen LogP contribution in [0.5, 0.6) is 0 Å². The summed E-state index contributed by atoms with van der Waals surface area (Å²) in [5, 5.41) is 1.12. The summed E-state index contributed by atoms with van der Waals surface area (Å²) < 4.78 is 1.13. The zero-order valence-corrected chi connectivity index (χ0v) is 15.0. The normalized spacial score (nSPS) is 14.5.